The average molecular weight is 274 g/mol. The molecule has 106 valence electrons. The molecule has 0 radical (unpaired) electrons. The molecule has 1 unspecified atom stereocenters. The third-order valence-corrected chi connectivity index (χ3v) is 3.47. The summed E-state index contributed by atoms with van der Waals surface area (Å²) in [5.41, 5.74) is 0.921. The summed E-state index contributed by atoms with van der Waals surface area (Å²) in [6.07, 6.45) is 0. The highest BCUT2D eigenvalue weighted by atomic mass is 16.5. The zero-order chi connectivity index (χ0) is 13.9. The van der Waals surface area contributed by atoms with Gasteiger partial charge in [0.25, 0.3) is 0 Å². The number of piperazine rings is 1. The Bertz CT molecular complexity index is 567. The summed E-state index contributed by atoms with van der Waals surface area (Å²) >= 11 is 0. The van der Waals surface area contributed by atoms with Crippen LogP contribution in [0.5, 0.6) is 5.75 Å². The van der Waals surface area contributed by atoms with Crippen molar-refractivity contribution in [1.82, 2.24) is 20.4 Å². The van der Waals surface area contributed by atoms with E-state index in [0.717, 1.165) is 30.9 Å². The molecule has 6 nitrogen and oxygen atoms in total. The molecular weight excluding hydrogens is 256 g/mol. The van der Waals surface area contributed by atoms with Crippen molar-refractivity contribution in [2.24, 2.45) is 0 Å². The second-order valence-corrected chi connectivity index (χ2v) is 4.95. The van der Waals surface area contributed by atoms with Gasteiger partial charge in [0.1, 0.15) is 11.8 Å². The Hall–Kier alpha value is -1.92. The molecule has 1 aromatic heterocycles. The number of benzene rings is 1. The molecule has 1 fully saturated rings. The fraction of sp³-hybridized carbons (Fsp3) is 0.429. The summed E-state index contributed by atoms with van der Waals surface area (Å²) in [5.74, 6) is 2.06. The lowest BCUT2D eigenvalue weighted by atomic mass is 10.2. The number of rotatable bonds is 3. The highest BCUT2D eigenvalue weighted by molar-refractivity contribution is 5.55. The summed E-state index contributed by atoms with van der Waals surface area (Å²) in [6, 6.07) is 7.73. The molecule has 1 aliphatic rings. The molecule has 0 saturated carbocycles. The fourth-order valence-electron chi connectivity index (χ4n) is 2.30. The van der Waals surface area contributed by atoms with E-state index in [9.17, 15) is 0 Å². The molecule has 1 saturated heterocycles. The quantitative estimate of drug-likeness (QED) is 0.911. The number of hydrogen-bond acceptors (Lipinski definition) is 6. The smallest absolute Gasteiger partial charge is 0.245 e. The number of aromatic nitrogens is 2. The van der Waals surface area contributed by atoms with Gasteiger partial charge >= 0.3 is 0 Å². The summed E-state index contributed by atoms with van der Waals surface area (Å²) < 4.78 is 10.5. The predicted octanol–water partition coefficient (Wildman–Crippen LogP) is 1.32. The number of likely N-dealkylation sites (N-methyl/N-ethyl adjacent to an activating group) is 1. The maximum absolute atomic E-state index is 5.38. The van der Waals surface area contributed by atoms with Crippen molar-refractivity contribution in [1.29, 1.82) is 0 Å². The molecule has 2 aromatic rings. The first-order chi connectivity index (χ1) is 9.76. The Kier molecular flexibility index (Phi) is 3.66. The number of nitrogens with one attached hydrogen (secondary N) is 1. The lowest BCUT2D eigenvalue weighted by molar-refractivity contribution is 0.208. The summed E-state index contributed by atoms with van der Waals surface area (Å²) in [4.78, 5) is 6.73. The molecule has 2 heterocycles. The molecule has 20 heavy (non-hydrogen) atoms. The third kappa shape index (κ3) is 2.66. The topological polar surface area (TPSA) is 63.4 Å². The van der Waals surface area contributed by atoms with Crippen molar-refractivity contribution in [2.45, 2.75) is 6.04 Å². The van der Waals surface area contributed by atoms with Gasteiger partial charge in [-0.3, -0.25) is 0 Å². The lowest BCUT2D eigenvalue weighted by Gasteiger charge is -2.28. The molecule has 0 aliphatic carbocycles. The van der Waals surface area contributed by atoms with Crippen LogP contribution in [0.15, 0.2) is 28.8 Å². The average Bonchev–Trinajstić information content (AvgIpc) is 2.97. The third-order valence-electron chi connectivity index (χ3n) is 3.47. The lowest BCUT2D eigenvalue weighted by Crippen LogP contribution is -2.43. The minimum Gasteiger partial charge on any atom is -0.497 e. The zero-order valence-corrected chi connectivity index (χ0v) is 11.7. The van der Waals surface area contributed by atoms with Gasteiger partial charge in [0.05, 0.1) is 7.11 Å². The Morgan fingerprint density at radius 3 is 2.85 bits per heavy atom. The second-order valence-electron chi connectivity index (χ2n) is 4.95. The van der Waals surface area contributed by atoms with Crippen LogP contribution in [-0.2, 0) is 0 Å². The van der Waals surface area contributed by atoms with E-state index in [1.54, 1.807) is 7.11 Å². The van der Waals surface area contributed by atoms with Gasteiger partial charge < -0.3 is 19.5 Å². The first-order valence-corrected chi connectivity index (χ1v) is 6.66. The van der Waals surface area contributed by atoms with Crippen molar-refractivity contribution in [3.8, 4) is 17.1 Å². The number of ether oxygens (including phenoxy) is 1. The van der Waals surface area contributed by atoms with E-state index >= 15 is 0 Å². The minimum atomic E-state index is 0.105. The number of hydrogen-bond donors (Lipinski definition) is 1. The van der Waals surface area contributed by atoms with Crippen LogP contribution in [-0.4, -0.2) is 48.8 Å². The van der Waals surface area contributed by atoms with E-state index in [1.807, 2.05) is 24.3 Å². The predicted molar refractivity (Wildman–Crippen MR) is 74.5 cm³/mol. The summed E-state index contributed by atoms with van der Waals surface area (Å²) in [6.45, 7) is 2.85. The molecule has 1 atom stereocenters. The van der Waals surface area contributed by atoms with Crippen molar-refractivity contribution in [3.63, 3.8) is 0 Å². The standard InChI is InChI=1S/C14H18N4O2/c1-18-8-7-15-12(9-18)14-16-13(17-20-14)10-3-5-11(19-2)6-4-10/h3-6,12,15H,7-9H2,1-2H3. The Morgan fingerprint density at radius 2 is 2.15 bits per heavy atom. The van der Waals surface area contributed by atoms with Crippen LogP contribution < -0.4 is 10.1 Å². The van der Waals surface area contributed by atoms with Crippen molar-refractivity contribution >= 4 is 0 Å². The Morgan fingerprint density at radius 1 is 1.35 bits per heavy atom. The van der Waals surface area contributed by atoms with Gasteiger partial charge in [-0.1, -0.05) is 5.16 Å². The van der Waals surface area contributed by atoms with Crippen LogP contribution in [0, 0.1) is 0 Å². The zero-order valence-electron chi connectivity index (χ0n) is 11.7. The highest BCUT2D eigenvalue weighted by Gasteiger charge is 2.23. The van der Waals surface area contributed by atoms with Crippen LogP contribution in [0.3, 0.4) is 0 Å². The minimum absolute atomic E-state index is 0.105. The molecule has 1 aromatic carbocycles. The first kappa shape index (κ1) is 13.1. The maximum atomic E-state index is 5.38. The van der Waals surface area contributed by atoms with Crippen LogP contribution >= 0.6 is 0 Å². The number of nitrogens with zero attached hydrogens (tertiary/aromatic N) is 3. The normalized spacial score (nSPS) is 20.0. The Balaban J connectivity index is 1.78. The van der Waals surface area contributed by atoms with E-state index in [4.69, 9.17) is 9.26 Å². The van der Waals surface area contributed by atoms with Crippen molar-refractivity contribution in [3.05, 3.63) is 30.2 Å². The van der Waals surface area contributed by atoms with Gasteiger partial charge in [0.15, 0.2) is 0 Å². The van der Waals surface area contributed by atoms with Gasteiger partial charge in [-0.05, 0) is 31.3 Å². The SMILES string of the molecule is COc1ccc(-c2noc(C3CN(C)CCN3)n2)cc1. The van der Waals surface area contributed by atoms with Crippen LogP contribution in [0.2, 0.25) is 0 Å². The van der Waals surface area contributed by atoms with E-state index in [0.29, 0.717) is 11.7 Å². The molecule has 0 spiro atoms. The fourth-order valence-corrected chi connectivity index (χ4v) is 2.30. The van der Waals surface area contributed by atoms with Gasteiger partial charge in [-0.15, -0.1) is 0 Å². The van der Waals surface area contributed by atoms with E-state index in [1.165, 1.54) is 0 Å². The molecular formula is C14H18N4O2. The summed E-state index contributed by atoms with van der Waals surface area (Å²) in [7, 11) is 3.74. The molecule has 6 heteroatoms. The highest BCUT2D eigenvalue weighted by Crippen LogP contribution is 2.22. The molecule has 1 aliphatic heterocycles. The van der Waals surface area contributed by atoms with Crippen LogP contribution in [0.4, 0.5) is 0 Å². The van der Waals surface area contributed by atoms with E-state index in [-0.39, 0.29) is 6.04 Å². The Labute approximate surface area is 117 Å². The van der Waals surface area contributed by atoms with Crippen LogP contribution in [0.25, 0.3) is 11.4 Å². The molecule has 0 bridgehead atoms. The first-order valence-electron chi connectivity index (χ1n) is 6.66. The maximum Gasteiger partial charge on any atom is 0.245 e. The van der Waals surface area contributed by atoms with E-state index in [2.05, 4.69) is 27.4 Å². The van der Waals surface area contributed by atoms with Gasteiger partial charge in [0, 0.05) is 25.2 Å². The molecule has 1 N–H and O–H groups in total. The second kappa shape index (κ2) is 5.60. The van der Waals surface area contributed by atoms with Crippen molar-refractivity contribution in [2.75, 3.05) is 33.8 Å². The van der Waals surface area contributed by atoms with Crippen molar-refractivity contribution < 1.29 is 9.26 Å². The largest absolute Gasteiger partial charge is 0.497 e. The molecule has 3 rings (SSSR count). The molecule has 0 amide bonds. The van der Waals surface area contributed by atoms with Gasteiger partial charge in [0.2, 0.25) is 11.7 Å². The van der Waals surface area contributed by atoms with E-state index < -0.39 is 0 Å². The number of methoxy groups -OCH3 is 1. The monoisotopic (exact) mass is 274 g/mol. The van der Waals surface area contributed by atoms with Gasteiger partial charge in [-0.2, -0.15) is 4.98 Å². The van der Waals surface area contributed by atoms with Gasteiger partial charge in [-0.25, -0.2) is 0 Å². The summed E-state index contributed by atoms with van der Waals surface area (Å²) in [5, 5.41) is 7.45. The van der Waals surface area contributed by atoms with Crippen LogP contribution in [0.1, 0.15) is 11.9 Å².